The molecule has 0 radical (unpaired) electrons. The largest absolute Gasteiger partial charge is 0.322 e. The van der Waals surface area contributed by atoms with Gasteiger partial charge in [0, 0.05) is 10.6 Å². The van der Waals surface area contributed by atoms with Crippen LogP contribution in [0, 0.1) is 0 Å². The Hall–Kier alpha value is -0.970. The number of halogens is 3. The van der Waals surface area contributed by atoms with E-state index in [9.17, 15) is 9.59 Å². The second-order valence-electron chi connectivity index (χ2n) is 3.18. The number of imide groups is 1. The Morgan fingerprint density at radius 3 is 2.19 bits per heavy atom. The van der Waals surface area contributed by atoms with Crippen LogP contribution in [0.15, 0.2) is 12.1 Å². The fraction of sp³-hybridized carbons (Fsp3) is 0.111. The maximum absolute atomic E-state index is 11.4. The van der Waals surface area contributed by atoms with Crippen LogP contribution in [0.25, 0.3) is 0 Å². The van der Waals surface area contributed by atoms with Gasteiger partial charge in [-0.05, 0) is 12.1 Å². The standard InChI is InChI=1S/C9H5Cl3N2O2/c10-4-2-6(12)5(11)1-3(4)7-8(15)14-9(16)13-7/h1-2,7H,(H2,13,14,15,16). The highest BCUT2D eigenvalue weighted by Gasteiger charge is 2.32. The molecule has 1 aromatic rings. The maximum Gasteiger partial charge on any atom is 0.322 e. The van der Waals surface area contributed by atoms with Crippen LogP contribution in [-0.4, -0.2) is 11.9 Å². The third-order valence-corrected chi connectivity index (χ3v) is 3.17. The molecule has 0 aromatic heterocycles. The van der Waals surface area contributed by atoms with Gasteiger partial charge in [-0.25, -0.2) is 4.79 Å². The van der Waals surface area contributed by atoms with Crippen LogP contribution in [0.1, 0.15) is 11.6 Å². The van der Waals surface area contributed by atoms with Crippen LogP contribution in [0.2, 0.25) is 15.1 Å². The smallest absolute Gasteiger partial charge is 0.322 e. The summed E-state index contributed by atoms with van der Waals surface area (Å²) in [5.74, 6) is -0.467. The van der Waals surface area contributed by atoms with Gasteiger partial charge in [-0.3, -0.25) is 10.1 Å². The Kier molecular flexibility index (Phi) is 2.97. The number of hydrogen-bond acceptors (Lipinski definition) is 2. The first-order valence-electron chi connectivity index (χ1n) is 4.25. The van der Waals surface area contributed by atoms with E-state index in [1.54, 1.807) is 0 Å². The van der Waals surface area contributed by atoms with E-state index in [0.717, 1.165) is 0 Å². The molecule has 1 fully saturated rings. The molecule has 1 heterocycles. The van der Waals surface area contributed by atoms with Crippen molar-refractivity contribution in [1.29, 1.82) is 0 Å². The van der Waals surface area contributed by atoms with Crippen LogP contribution in [0.4, 0.5) is 4.79 Å². The number of benzene rings is 1. The molecule has 4 nitrogen and oxygen atoms in total. The van der Waals surface area contributed by atoms with Gasteiger partial charge in [0.2, 0.25) is 0 Å². The highest BCUT2D eigenvalue weighted by molar-refractivity contribution is 6.43. The number of urea groups is 1. The Morgan fingerprint density at radius 2 is 1.62 bits per heavy atom. The second kappa shape index (κ2) is 4.13. The number of nitrogens with one attached hydrogen (secondary N) is 2. The predicted molar refractivity (Wildman–Crippen MR) is 60.9 cm³/mol. The Balaban J connectivity index is 2.45. The monoisotopic (exact) mass is 278 g/mol. The highest BCUT2D eigenvalue weighted by atomic mass is 35.5. The average Bonchev–Trinajstić information content (AvgIpc) is 2.51. The summed E-state index contributed by atoms with van der Waals surface area (Å²) in [5.41, 5.74) is 0.416. The van der Waals surface area contributed by atoms with Crippen molar-refractivity contribution in [2.45, 2.75) is 6.04 Å². The van der Waals surface area contributed by atoms with Crippen molar-refractivity contribution < 1.29 is 9.59 Å². The zero-order valence-electron chi connectivity index (χ0n) is 7.68. The second-order valence-corrected chi connectivity index (χ2v) is 4.41. The fourth-order valence-electron chi connectivity index (χ4n) is 1.39. The number of hydrogen-bond donors (Lipinski definition) is 2. The maximum atomic E-state index is 11.4. The molecule has 1 unspecified atom stereocenters. The van der Waals surface area contributed by atoms with Crippen molar-refractivity contribution in [3.63, 3.8) is 0 Å². The summed E-state index contributed by atoms with van der Waals surface area (Å²) in [6.07, 6.45) is 0. The first kappa shape index (κ1) is 11.5. The summed E-state index contributed by atoms with van der Waals surface area (Å²) >= 11 is 17.5. The number of rotatable bonds is 1. The predicted octanol–water partition coefficient (Wildman–Crippen LogP) is 2.53. The molecule has 1 aliphatic rings. The Bertz CT molecular complexity index is 490. The minimum Gasteiger partial charge on any atom is -0.322 e. The Labute approximate surface area is 106 Å². The van der Waals surface area contributed by atoms with Gasteiger partial charge in [-0.15, -0.1) is 0 Å². The van der Waals surface area contributed by atoms with Gasteiger partial charge in [-0.1, -0.05) is 34.8 Å². The number of amides is 3. The van der Waals surface area contributed by atoms with Crippen LogP contribution in [-0.2, 0) is 4.79 Å². The van der Waals surface area contributed by atoms with Crippen molar-refractivity contribution >= 4 is 46.7 Å². The summed E-state index contributed by atoms with van der Waals surface area (Å²) in [6, 6.07) is 1.51. The molecule has 0 bridgehead atoms. The van der Waals surface area contributed by atoms with E-state index < -0.39 is 18.0 Å². The van der Waals surface area contributed by atoms with Crippen molar-refractivity contribution in [1.82, 2.24) is 10.6 Å². The molecule has 7 heteroatoms. The molecule has 16 heavy (non-hydrogen) atoms. The van der Waals surface area contributed by atoms with Gasteiger partial charge >= 0.3 is 6.03 Å². The van der Waals surface area contributed by atoms with Gasteiger partial charge in [0.1, 0.15) is 6.04 Å². The lowest BCUT2D eigenvalue weighted by atomic mass is 10.1. The molecular formula is C9H5Cl3N2O2. The van der Waals surface area contributed by atoms with E-state index in [-0.39, 0.29) is 10.0 Å². The zero-order valence-corrected chi connectivity index (χ0v) is 9.95. The summed E-state index contributed by atoms with van der Waals surface area (Å²) in [7, 11) is 0. The fourth-order valence-corrected chi connectivity index (χ4v) is 2.06. The van der Waals surface area contributed by atoms with E-state index in [2.05, 4.69) is 10.6 Å². The zero-order chi connectivity index (χ0) is 11.9. The van der Waals surface area contributed by atoms with E-state index in [1.165, 1.54) is 12.1 Å². The molecule has 2 rings (SSSR count). The lowest BCUT2D eigenvalue weighted by molar-refractivity contribution is -0.120. The summed E-state index contributed by atoms with van der Waals surface area (Å²) in [6.45, 7) is 0. The van der Waals surface area contributed by atoms with Crippen molar-refractivity contribution in [3.8, 4) is 0 Å². The number of carbonyl (C=O) groups excluding carboxylic acids is 2. The quantitative estimate of drug-likeness (QED) is 0.613. The van der Waals surface area contributed by atoms with Crippen LogP contribution in [0.3, 0.4) is 0 Å². The van der Waals surface area contributed by atoms with Gasteiger partial charge in [-0.2, -0.15) is 0 Å². The lowest BCUT2D eigenvalue weighted by Crippen LogP contribution is -2.22. The van der Waals surface area contributed by atoms with Gasteiger partial charge in [0.25, 0.3) is 5.91 Å². The van der Waals surface area contributed by atoms with E-state index in [0.29, 0.717) is 10.6 Å². The minimum absolute atomic E-state index is 0.273. The molecule has 1 aromatic carbocycles. The average molecular weight is 280 g/mol. The van der Waals surface area contributed by atoms with Gasteiger partial charge < -0.3 is 5.32 Å². The van der Waals surface area contributed by atoms with E-state index in [1.807, 2.05) is 0 Å². The first-order chi connectivity index (χ1) is 7.49. The summed E-state index contributed by atoms with van der Waals surface area (Å²) < 4.78 is 0. The molecule has 0 spiro atoms. The van der Waals surface area contributed by atoms with Gasteiger partial charge in [0.15, 0.2) is 0 Å². The first-order valence-corrected chi connectivity index (χ1v) is 5.38. The molecule has 1 saturated heterocycles. The van der Waals surface area contributed by atoms with Crippen LogP contribution >= 0.6 is 34.8 Å². The van der Waals surface area contributed by atoms with Crippen LogP contribution in [0.5, 0.6) is 0 Å². The molecule has 1 atom stereocenters. The lowest BCUT2D eigenvalue weighted by Gasteiger charge is -2.10. The van der Waals surface area contributed by atoms with Crippen molar-refractivity contribution in [2.75, 3.05) is 0 Å². The van der Waals surface area contributed by atoms with E-state index in [4.69, 9.17) is 34.8 Å². The molecule has 2 N–H and O–H groups in total. The normalized spacial score (nSPS) is 19.6. The third kappa shape index (κ3) is 1.96. The van der Waals surface area contributed by atoms with E-state index >= 15 is 0 Å². The van der Waals surface area contributed by atoms with Crippen LogP contribution < -0.4 is 10.6 Å². The molecule has 0 aliphatic carbocycles. The molecular weight excluding hydrogens is 274 g/mol. The third-order valence-electron chi connectivity index (χ3n) is 2.12. The summed E-state index contributed by atoms with van der Waals surface area (Å²) in [5, 5.41) is 5.36. The molecule has 0 saturated carbocycles. The number of carbonyl (C=O) groups is 2. The van der Waals surface area contributed by atoms with Crippen molar-refractivity contribution in [2.24, 2.45) is 0 Å². The highest BCUT2D eigenvalue weighted by Crippen LogP contribution is 2.33. The molecule has 3 amide bonds. The topological polar surface area (TPSA) is 58.2 Å². The van der Waals surface area contributed by atoms with Gasteiger partial charge in [0.05, 0.1) is 10.0 Å². The molecule has 84 valence electrons. The molecule has 1 aliphatic heterocycles. The van der Waals surface area contributed by atoms with Crippen molar-refractivity contribution in [3.05, 3.63) is 32.8 Å². The summed E-state index contributed by atoms with van der Waals surface area (Å²) in [4.78, 5) is 22.4. The minimum atomic E-state index is -0.824. The Morgan fingerprint density at radius 1 is 1.00 bits per heavy atom. The SMILES string of the molecule is O=C1NC(=O)C(c2cc(Cl)c(Cl)cc2Cl)N1.